The predicted molar refractivity (Wildman–Crippen MR) is 160 cm³/mol. The number of hydrogen-bond donors (Lipinski definition) is 2. The molecule has 3 aromatic heterocycles. The standard InChI is InChI=1S/C32H36N8O2/c1-22-4-2-6-27(36-22)31-35-14-12-29(39-31)37-28-11-13-34-30(38-28)16-23-7-9-24(10-8-23)19-40-15-3-5-26(20-40)32(41)42-21-25-17-33-18-25/h2,4,6-14,25-26,33H,3,5,15-21H2,1H3,(H,34,35,37,38,39)/t26-/m1/s1. The van der Waals surface area contributed by atoms with E-state index in [9.17, 15) is 4.79 Å². The van der Waals surface area contributed by atoms with Crippen LogP contribution in [-0.4, -0.2) is 68.6 Å². The lowest BCUT2D eigenvalue weighted by molar-refractivity contribution is -0.152. The van der Waals surface area contributed by atoms with E-state index >= 15 is 0 Å². The molecule has 6 rings (SSSR count). The minimum Gasteiger partial charge on any atom is -0.465 e. The molecule has 1 aromatic carbocycles. The van der Waals surface area contributed by atoms with Crippen LogP contribution in [0.1, 0.15) is 35.5 Å². The van der Waals surface area contributed by atoms with Gasteiger partial charge in [-0.1, -0.05) is 30.3 Å². The maximum absolute atomic E-state index is 12.6. The van der Waals surface area contributed by atoms with Gasteiger partial charge in [0, 0.05) is 56.6 Å². The van der Waals surface area contributed by atoms with E-state index < -0.39 is 0 Å². The molecule has 4 aromatic rings. The molecule has 0 spiro atoms. The summed E-state index contributed by atoms with van der Waals surface area (Å²) >= 11 is 0. The average molecular weight is 565 g/mol. The topological polar surface area (TPSA) is 118 Å². The van der Waals surface area contributed by atoms with Gasteiger partial charge in [-0.05, 0) is 61.7 Å². The first-order chi connectivity index (χ1) is 20.6. The van der Waals surface area contributed by atoms with E-state index in [0.29, 0.717) is 36.4 Å². The van der Waals surface area contributed by atoms with Crippen LogP contribution in [0.5, 0.6) is 0 Å². The van der Waals surface area contributed by atoms with Crippen LogP contribution in [-0.2, 0) is 22.5 Å². The summed E-state index contributed by atoms with van der Waals surface area (Å²) in [6, 6.07) is 18.0. The van der Waals surface area contributed by atoms with E-state index in [-0.39, 0.29) is 11.9 Å². The third-order valence-electron chi connectivity index (χ3n) is 7.69. The van der Waals surface area contributed by atoms with Gasteiger partial charge in [-0.2, -0.15) is 0 Å². The van der Waals surface area contributed by atoms with E-state index in [1.54, 1.807) is 18.5 Å². The predicted octanol–water partition coefficient (Wildman–Crippen LogP) is 3.95. The molecule has 2 saturated heterocycles. The van der Waals surface area contributed by atoms with Crippen LogP contribution in [0.15, 0.2) is 67.0 Å². The monoisotopic (exact) mass is 564 g/mol. The highest BCUT2D eigenvalue weighted by molar-refractivity contribution is 5.72. The van der Waals surface area contributed by atoms with Crippen molar-refractivity contribution in [3.8, 4) is 11.5 Å². The quantitative estimate of drug-likeness (QED) is 0.274. The van der Waals surface area contributed by atoms with E-state index in [4.69, 9.17) is 9.72 Å². The number of benzene rings is 1. The molecule has 1 atom stereocenters. The number of carbonyl (C=O) groups excluding carboxylic acids is 1. The summed E-state index contributed by atoms with van der Waals surface area (Å²) in [6.45, 7) is 6.97. The second-order valence-corrected chi connectivity index (χ2v) is 11.1. The van der Waals surface area contributed by atoms with Gasteiger partial charge in [0.2, 0.25) is 0 Å². The number of nitrogens with one attached hydrogen (secondary N) is 2. The summed E-state index contributed by atoms with van der Waals surface area (Å²) in [5, 5.41) is 6.49. The van der Waals surface area contributed by atoms with Crippen molar-refractivity contribution in [2.45, 2.75) is 32.7 Å². The van der Waals surface area contributed by atoms with Crippen molar-refractivity contribution < 1.29 is 9.53 Å². The Morgan fingerprint density at radius 1 is 0.976 bits per heavy atom. The first-order valence-electron chi connectivity index (χ1n) is 14.6. The van der Waals surface area contributed by atoms with Crippen molar-refractivity contribution in [2.75, 3.05) is 38.1 Å². The summed E-state index contributed by atoms with van der Waals surface area (Å²) < 4.78 is 5.59. The largest absolute Gasteiger partial charge is 0.465 e. The molecule has 0 aliphatic carbocycles. The normalized spacial score (nSPS) is 17.4. The van der Waals surface area contributed by atoms with Crippen molar-refractivity contribution in [1.82, 2.24) is 35.1 Å². The zero-order chi connectivity index (χ0) is 28.7. The van der Waals surface area contributed by atoms with E-state index in [0.717, 1.165) is 68.3 Å². The van der Waals surface area contributed by atoms with Gasteiger partial charge in [0.25, 0.3) is 0 Å². The van der Waals surface area contributed by atoms with Gasteiger partial charge < -0.3 is 15.4 Å². The maximum Gasteiger partial charge on any atom is 0.310 e. The third kappa shape index (κ3) is 7.32. The number of piperidine rings is 1. The van der Waals surface area contributed by atoms with Crippen LogP contribution in [0.25, 0.3) is 11.5 Å². The number of aryl methyl sites for hydroxylation is 1. The Kier molecular flexibility index (Phi) is 8.72. The van der Waals surface area contributed by atoms with Crippen LogP contribution in [0.2, 0.25) is 0 Å². The van der Waals surface area contributed by atoms with Crippen molar-refractivity contribution in [3.05, 3.63) is 89.6 Å². The molecule has 0 radical (unpaired) electrons. The first kappa shape index (κ1) is 27.9. The van der Waals surface area contributed by atoms with Crippen LogP contribution in [0.3, 0.4) is 0 Å². The number of ether oxygens (including phenoxy) is 1. The Labute approximate surface area is 246 Å². The lowest BCUT2D eigenvalue weighted by Crippen LogP contribution is -2.45. The number of hydrogen-bond acceptors (Lipinski definition) is 10. The molecule has 42 heavy (non-hydrogen) atoms. The van der Waals surface area contributed by atoms with Crippen LogP contribution < -0.4 is 10.6 Å². The number of aromatic nitrogens is 5. The smallest absolute Gasteiger partial charge is 0.310 e. The second-order valence-electron chi connectivity index (χ2n) is 11.1. The van der Waals surface area contributed by atoms with Crippen LogP contribution >= 0.6 is 0 Å². The molecule has 0 saturated carbocycles. The Morgan fingerprint density at radius 3 is 2.55 bits per heavy atom. The number of esters is 1. The minimum absolute atomic E-state index is 0.0303. The van der Waals surface area contributed by atoms with Crippen molar-refractivity contribution in [1.29, 1.82) is 0 Å². The minimum atomic E-state index is -0.0397. The maximum atomic E-state index is 12.6. The highest BCUT2D eigenvalue weighted by Gasteiger charge is 2.28. The Morgan fingerprint density at radius 2 is 1.76 bits per heavy atom. The van der Waals surface area contributed by atoms with Gasteiger partial charge in [-0.3, -0.25) is 9.69 Å². The number of likely N-dealkylation sites (tertiary alicyclic amines) is 1. The number of rotatable bonds is 10. The number of anilines is 2. The fraction of sp³-hybridized carbons (Fsp3) is 0.375. The van der Waals surface area contributed by atoms with Crippen molar-refractivity contribution in [2.24, 2.45) is 11.8 Å². The van der Waals surface area contributed by atoms with Gasteiger partial charge in [-0.15, -0.1) is 0 Å². The summed E-state index contributed by atoms with van der Waals surface area (Å²) in [5.41, 5.74) is 4.01. The molecule has 0 bridgehead atoms. The molecule has 2 aliphatic rings. The van der Waals surface area contributed by atoms with Gasteiger partial charge in [0.15, 0.2) is 5.82 Å². The Balaban J connectivity index is 1.02. The zero-order valence-electron chi connectivity index (χ0n) is 23.9. The molecule has 0 amide bonds. The summed E-state index contributed by atoms with van der Waals surface area (Å²) in [7, 11) is 0. The van der Waals surface area contributed by atoms with Gasteiger partial charge in [0.05, 0.1) is 12.5 Å². The van der Waals surface area contributed by atoms with E-state index in [1.807, 2.05) is 31.2 Å². The average Bonchev–Trinajstić information content (AvgIpc) is 2.98. The summed E-state index contributed by atoms with van der Waals surface area (Å²) in [4.78, 5) is 37.6. The highest BCUT2D eigenvalue weighted by atomic mass is 16.5. The lowest BCUT2D eigenvalue weighted by atomic mass is 9.97. The lowest BCUT2D eigenvalue weighted by Gasteiger charge is -2.32. The molecule has 10 nitrogen and oxygen atoms in total. The van der Waals surface area contributed by atoms with Gasteiger partial charge >= 0.3 is 5.97 Å². The number of carbonyl (C=O) groups is 1. The molecular weight excluding hydrogens is 528 g/mol. The van der Waals surface area contributed by atoms with Crippen LogP contribution in [0, 0.1) is 18.8 Å². The fourth-order valence-electron chi connectivity index (χ4n) is 5.28. The second kappa shape index (κ2) is 13.1. The number of nitrogens with zero attached hydrogens (tertiary/aromatic N) is 6. The fourth-order valence-corrected chi connectivity index (χ4v) is 5.28. The molecule has 216 valence electrons. The van der Waals surface area contributed by atoms with Gasteiger partial charge in [0.1, 0.15) is 23.2 Å². The molecule has 2 N–H and O–H groups in total. The Hall–Kier alpha value is -4.28. The van der Waals surface area contributed by atoms with Crippen molar-refractivity contribution in [3.63, 3.8) is 0 Å². The molecule has 0 unspecified atom stereocenters. The SMILES string of the molecule is Cc1cccc(-c2nccc(Nc3ccnc(Cc4ccc(CN5CCC[C@@H](C(=O)OCC6CNC6)C5)cc4)n3)n2)n1. The van der Waals surface area contributed by atoms with Gasteiger partial charge in [-0.25, -0.2) is 24.9 Å². The van der Waals surface area contributed by atoms with Crippen LogP contribution in [0.4, 0.5) is 11.6 Å². The third-order valence-corrected chi connectivity index (χ3v) is 7.69. The van der Waals surface area contributed by atoms with E-state index in [2.05, 4.69) is 59.7 Å². The molecule has 5 heterocycles. The zero-order valence-corrected chi connectivity index (χ0v) is 23.9. The molecule has 10 heteroatoms. The highest BCUT2D eigenvalue weighted by Crippen LogP contribution is 2.22. The molecular formula is C32H36N8O2. The first-order valence-corrected chi connectivity index (χ1v) is 14.6. The summed E-state index contributed by atoms with van der Waals surface area (Å²) in [6.07, 6.45) is 6.01. The Bertz CT molecular complexity index is 1510. The molecule has 2 fully saturated rings. The van der Waals surface area contributed by atoms with E-state index in [1.165, 1.54) is 5.56 Å². The van der Waals surface area contributed by atoms with Crippen molar-refractivity contribution >= 4 is 17.6 Å². The molecule has 2 aliphatic heterocycles. The number of pyridine rings is 1. The summed E-state index contributed by atoms with van der Waals surface area (Å²) in [5.74, 6) is 2.99.